The topological polar surface area (TPSA) is 85.5 Å². The molecule has 0 spiro atoms. The van der Waals surface area contributed by atoms with Crippen molar-refractivity contribution in [3.05, 3.63) is 76.6 Å². The standard InChI is InChI=1S/C23H19NO5/c1-3-28-14-11-9-13(10-12-14)17-18-19(24-20(17)23(27)29-4-2)22(26)16-8-6-5-7-15(16)21(18)25/h5-12,24H,3-4H2,1-2H3. The maximum absolute atomic E-state index is 13.3. The summed E-state index contributed by atoms with van der Waals surface area (Å²) < 4.78 is 10.6. The summed E-state index contributed by atoms with van der Waals surface area (Å²) in [5.41, 5.74) is 2.03. The third-order valence-electron chi connectivity index (χ3n) is 4.80. The number of aromatic nitrogens is 1. The highest BCUT2D eigenvalue weighted by molar-refractivity contribution is 6.31. The number of fused-ring (bicyclic) bond motifs is 2. The molecule has 0 radical (unpaired) electrons. The van der Waals surface area contributed by atoms with Crippen LogP contribution in [0.3, 0.4) is 0 Å². The molecule has 0 saturated carbocycles. The minimum atomic E-state index is -0.615. The zero-order valence-corrected chi connectivity index (χ0v) is 16.1. The number of carbonyl (C=O) groups is 3. The summed E-state index contributed by atoms with van der Waals surface area (Å²) in [6.07, 6.45) is 0. The molecule has 0 atom stereocenters. The lowest BCUT2D eigenvalue weighted by Crippen LogP contribution is -2.20. The molecule has 0 saturated heterocycles. The summed E-state index contributed by atoms with van der Waals surface area (Å²) in [5.74, 6) is -0.564. The van der Waals surface area contributed by atoms with Crippen molar-refractivity contribution >= 4 is 17.5 Å². The van der Waals surface area contributed by atoms with E-state index in [4.69, 9.17) is 9.47 Å². The molecule has 0 bridgehead atoms. The molecule has 1 N–H and O–H groups in total. The molecular weight excluding hydrogens is 370 g/mol. The third kappa shape index (κ3) is 3.02. The molecule has 1 aliphatic rings. The van der Waals surface area contributed by atoms with E-state index in [1.807, 2.05) is 6.92 Å². The van der Waals surface area contributed by atoms with Crippen LogP contribution in [-0.2, 0) is 4.74 Å². The van der Waals surface area contributed by atoms with Gasteiger partial charge in [-0.25, -0.2) is 4.79 Å². The lowest BCUT2D eigenvalue weighted by atomic mass is 9.85. The van der Waals surface area contributed by atoms with E-state index in [0.29, 0.717) is 34.6 Å². The molecule has 146 valence electrons. The highest BCUT2D eigenvalue weighted by Gasteiger charge is 2.37. The van der Waals surface area contributed by atoms with Crippen molar-refractivity contribution < 1.29 is 23.9 Å². The van der Waals surface area contributed by atoms with Crippen molar-refractivity contribution in [1.29, 1.82) is 0 Å². The van der Waals surface area contributed by atoms with Crippen LogP contribution in [0.15, 0.2) is 48.5 Å². The van der Waals surface area contributed by atoms with Crippen molar-refractivity contribution in [3.8, 4) is 16.9 Å². The second kappa shape index (κ2) is 7.39. The Morgan fingerprint density at radius 1 is 0.862 bits per heavy atom. The first-order chi connectivity index (χ1) is 14.1. The number of carbonyl (C=O) groups excluding carboxylic acids is 3. The van der Waals surface area contributed by atoms with Crippen LogP contribution in [0.5, 0.6) is 5.75 Å². The van der Waals surface area contributed by atoms with Gasteiger partial charge in [-0.3, -0.25) is 9.59 Å². The molecule has 0 aliphatic heterocycles. The van der Waals surface area contributed by atoms with E-state index in [2.05, 4.69) is 4.98 Å². The van der Waals surface area contributed by atoms with E-state index in [1.54, 1.807) is 55.5 Å². The van der Waals surface area contributed by atoms with Gasteiger partial charge in [-0.2, -0.15) is 0 Å². The summed E-state index contributed by atoms with van der Waals surface area (Å²) in [6, 6.07) is 13.7. The van der Waals surface area contributed by atoms with Crippen molar-refractivity contribution in [3.63, 3.8) is 0 Å². The molecule has 2 aromatic carbocycles. The van der Waals surface area contributed by atoms with Gasteiger partial charge in [0.1, 0.15) is 11.4 Å². The molecule has 29 heavy (non-hydrogen) atoms. The van der Waals surface area contributed by atoms with Gasteiger partial charge in [-0.1, -0.05) is 36.4 Å². The number of nitrogens with one attached hydrogen (secondary N) is 1. The molecule has 3 aromatic rings. The monoisotopic (exact) mass is 389 g/mol. The van der Waals surface area contributed by atoms with Gasteiger partial charge in [0, 0.05) is 16.7 Å². The summed E-state index contributed by atoms with van der Waals surface area (Å²) in [6.45, 7) is 4.28. The quantitative estimate of drug-likeness (QED) is 0.521. The van der Waals surface area contributed by atoms with Crippen LogP contribution in [0.25, 0.3) is 11.1 Å². The fourth-order valence-electron chi connectivity index (χ4n) is 3.58. The summed E-state index contributed by atoms with van der Waals surface area (Å²) in [5, 5.41) is 0. The van der Waals surface area contributed by atoms with Crippen LogP contribution in [0, 0.1) is 0 Å². The number of ketones is 2. The van der Waals surface area contributed by atoms with Gasteiger partial charge in [0.2, 0.25) is 5.78 Å². The average Bonchev–Trinajstić information content (AvgIpc) is 3.14. The van der Waals surface area contributed by atoms with Gasteiger partial charge in [0.25, 0.3) is 0 Å². The summed E-state index contributed by atoms with van der Waals surface area (Å²) in [7, 11) is 0. The minimum Gasteiger partial charge on any atom is -0.494 e. The SMILES string of the molecule is CCOC(=O)c1[nH]c2c(c1-c1ccc(OCC)cc1)C(=O)c1ccccc1C2=O. The smallest absolute Gasteiger partial charge is 0.355 e. The van der Waals surface area contributed by atoms with E-state index in [0.717, 1.165) is 0 Å². The van der Waals surface area contributed by atoms with Gasteiger partial charge in [0.05, 0.1) is 24.5 Å². The predicted molar refractivity (Wildman–Crippen MR) is 107 cm³/mol. The van der Waals surface area contributed by atoms with E-state index in [-0.39, 0.29) is 35.1 Å². The summed E-state index contributed by atoms with van der Waals surface area (Å²) in [4.78, 5) is 41.8. The molecule has 0 unspecified atom stereocenters. The normalized spacial score (nSPS) is 12.3. The first-order valence-electron chi connectivity index (χ1n) is 9.41. The zero-order chi connectivity index (χ0) is 20.5. The Balaban J connectivity index is 1.94. The number of hydrogen-bond acceptors (Lipinski definition) is 5. The van der Waals surface area contributed by atoms with Crippen LogP contribution in [-0.4, -0.2) is 35.7 Å². The van der Waals surface area contributed by atoms with Gasteiger partial charge >= 0.3 is 5.97 Å². The lowest BCUT2D eigenvalue weighted by molar-refractivity contribution is 0.0521. The highest BCUT2D eigenvalue weighted by atomic mass is 16.5. The third-order valence-corrected chi connectivity index (χ3v) is 4.80. The van der Waals surface area contributed by atoms with Gasteiger partial charge in [-0.15, -0.1) is 0 Å². The summed E-state index contributed by atoms with van der Waals surface area (Å²) >= 11 is 0. The number of rotatable bonds is 5. The molecule has 0 fully saturated rings. The van der Waals surface area contributed by atoms with E-state index in [9.17, 15) is 14.4 Å². The van der Waals surface area contributed by atoms with Gasteiger partial charge in [0.15, 0.2) is 5.78 Å². The van der Waals surface area contributed by atoms with Crippen molar-refractivity contribution in [2.45, 2.75) is 13.8 Å². The van der Waals surface area contributed by atoms with Crippen molar-refractivity contribution in [1.82, 2.24) is 4.98 Å². The molecule has 1 aromatic heterocycles. The van der Waals surface area contributed by atoms with Crippen LogP contribution in [0.2, 0.25) is 0 Å². The van der Waals surface area contributed by atoms with E-state index in [1.165, 1.54) is 0 Å². The average molecular weight is 389 g/mol. The molecule has 4 rings (SSSR count). The lowest BCUT2D eigenvalue weighted by Gasteiger charge is -2.15. The van der Waals surface area contributed by atoms with Crippen LogP contribution in [0.4, 0.5) is 0 Å². The van der Waals surface area contributed by atoms with E-state index >= 15 is 0 Å². The Hall–Kier alpha value is -3.67. The fourth-order valence-corrected chi connectivity index (χ4v) is 3.58. The Morgan fingerprint density at radius 3 is 2.14 bits per heavy atom. The Bertz CT molecular complexity index is 1120. The molecular formula is C23H19NO5. The Kier molecular flexibility index (Phi) is 4.76. The Morgan fingerprint density at radius 2 is 1.52 bits per heavy atom. The predicted octanol–water partition coefficient (Wildman–Crippen LogP) is 4.03. The maximum atomic E-state index is 13.3. The van der Waals surface area contributed by atoms with Crippen molar-refractivity contribution in [2.75, 3.05) is 13.2 Å². The fraction of sp³-hybridized carbons (Fsp3) is 0.174. The Labute approximate surface area is 167 Å². The largest absolute Gasteiger partial charge is 0.494 e. The number of hydrogen-bond donors (Lipinski definition) is 1. The maximum Gasteiger partial charge on any atom is 0.355 e. The number of H-pyrrole nitrogens is 1. The number of ether oxygens (including phenoxy) is 2. The van der Waals surface area contributed by atoms with Gasteiger partial charge < -0.3 is 14.5 Å². The molecule has 0 amide bonds. The number of aromatic amines is 1. The minimum absolute atomic E-state index is 0.0931. The van der Waals surface area contributed by atoms with Gasteiger partial charge in [-0.05, 0) is 31.5 Å². The van der Waals surface area contributed by atoms with E-state index < -0.39 is 5.97 Å². The first kappa shape index (κ1) is 18.7. The molecule has 1 heterocycles. The number of esters is 1. The van der Waals surface area contributed by atoms with Crippen molar-refractivity contribution in [2.24, 2.45) is 0 Å². The molecule has 1 aliphatic carbocycles. The molecule has 6 nitrogen and oxygen atoms in total. The zero-order valence-electron chi connectivity index (χ0n) is 16.1. The highest BCUT2D eigenvalue weighted by Crippen LogP contribution is 2.38. The van der Waals surface area contributed by atoms with Crippen LogP contribution in [0.1, 0.15) is 56.3 Å². The second-order valence-corrected chi connectivity index (χ2v) is 6.51. The van der Waals surface area contributed by atoms with Crippen LogP contribution < -0.4 is 4.74 Å². The van der Waals surface area contributed by atoms with Crippen LogP contribution >= 0.6 is 0 Å². The molecule has 6 heteroatoms. The first-order valence-corrected chi connectivity index (χ1v) is 9.41. The second-order valence-electron chi connectivity index (χ2n) is 6.51. The number of benzene rings is 2.